The molecule has 66 heavy (non-hydrogen) atoms. The predicted molar refractivity (Wildman–Crippen MR) is 282 cm³/mol. The van der Waals surface area contributed by atoms with Crippen LogP contribution in [0.4, 0.5) is 13.2 Å². The van der Waals surface area contributed by atoms with E-state index in [9.17, 15) is 13.2 Å². The summed E-state index contributed by atoms with van der Waals surface area (Å²) >= 11 is 6.01. The highest BCUT2D eigenvalue weighted by molar-refractivity contribution is 7.25. The minimum atomic E-state index is -4.54. The van der Waals surface area contributed by atoms with E-state index in [-0.39, 0.29) is 5.69 Å². The first-order chi connectivity index (χ1) is 32.1. The summed E-state index contributed by atoms with van der Waals surface area (Å²) in [4.78, 5) is 18.2. The monoisotopic (exact) mass is 959 g/mol. The smallest absolute Gasteiger partial charge is 0.285 e. The van der Waals surface area contributed by atoms with Crippen LogP contribution in [0.15, 0.2) is 41.4 Å². The average molecular weight is 959 g/mol. The molecule has 0 bridgehead atoms. The van der Waals surface area contributed by atoms with Crippen molar-refractivity contribution in [2.24, 2.45) is 4.99 Å². The number of unbranched alkanes of at least 4 members (excludes halogenated alkanes) is 15. The summed E-state index contributed by atoms with van der Waals surface area (Å²) in [6.45, 7) is 13.9. The Morgan fingerprint density at radius 1 is 0.530 bits per heavy atom. The molecule has 0 radical (unpaired) electrons. The van der Waals surface area contributed by atoms with Crippen LogP contribution >= 0.6 is 34.0 Å². The van der Waals surface area contributed by atoms with Crippen LogP contribution in [0.2, 0.25) is 0 Å². The fraction of sp³-hybridized carbons (Fsp3) is 0.589. The molecule has 6 heterocycles. The van der Waals surface area contributed by atoms with Crippen LogP contribution in [0.1, 0.15) is 208 Å². The topological polar surface area (TPSA) is 53.9 Å². The van der Waals surface area contributed by atoms with E-state index in [4.69, 9.17) is 4.98 Å². The molecule has 0 saturated carbocycles. The van der Waals surface area contributed by atoms with Gasteiger partial charge < -0.3 is 0 Å². The Morgan fingerprint density at radius 2 is 1.05 bits per heavy atom. The van der Waals surface area contributed by atoms with Crippen LogP contribution in [0.5, 0.6) is 0 Å². The number of nitrogens with zero attached hydrogens (tertiary/aromatic N) is 3. The SMILES string of the molecule is CCCCCCc1cc(CCCCCC)c(-c2sc(-c3cc(C4=CC(C)=NC4)nc(-c4cc(C(F)(F)F)[nH]n4)c3)c(CCCCCC)c2-c2sc(CCCCCC)cc2CCCCCC)s1. The number of H-pyrrole nitrogens is 1. The molecule has 5 aromatic rings. The standard InChI is InChI=1S/C56H77F3N4S3/c1-7-12-17-22-27-40-33-44(29-24-19-14-9-3)64-53(40)51-46(31-26-21-16-11-5)52(66-55(51)54-41(28-23-18-13-8-2)34-45(65-54)30-25-20-15-10-4)42-35-47(43-32-39(6)60-38-43)61-48(36-42)49-37-50(63-62-49)56(57,58)59/h32-37H,7-31,38H2,1-6H3,(H,62,63). The summed E-state index contributed by atoms with van der Waals surface area (Å²) < 4.78 is 42.1. The molecule has 5 aromatic heterocycles. The normalized spacial score (nSPS) is 13.0. The summed E-state index contributed by atoms with van der Waals surface area (Å²) in [6.07, 6.45) is 27.2. The van der Waals surface area contributed by atoms with Crippen LogP contribution < -0.4 is 0 Å². The van der Waals surface area contributed by atoms with E-state index in [1.54, 1.807) is 0 Å². The average Bonchev–Trinajstić information content (AvgIpc) is 4.16. The number of halogens is 3. The van der Waals surface area contributed by atoms with E-state index in [2.05, 4.69) is 74.1 Å². The van der Waals surface area contributed by atoms with Crippen molar-refractivity contribution in [2.75, 3.05) is 6.54 Å². The molecule has 0 atom stereocenters. The van der Waals surface area contributed by atoms with Gasteiger partial charge in [-0.1, -0.05) is 131 Å². The molecule has 4 nitrogen and oxygen atoms in total. The first-order valence-electron chi connectivity index (χ1n) is 25.8. The number of pyridine rings is 1. The van der Waals surface area contributed by atoms with Crippen LogP contribution in [-0.2, 0) is 38.3 Å². The fourth-order valence-electron chi connectivity index (χ4n) is 9.26. The molecule has 6 rings (SSSR count). The molecule has 0 spiro atoms. The predicted octanol–water partition coefficient (Wildman–Crippen LogP) is 19.1. The van der Waals surface area contributed by atoms with E-state index in [0.717, 1.165) is 80.0 Å². The molecule has 0 unspecified atom stereocenters. The largest absolute Gasteiger partial charge is 0.432 e. The highest BCUT2D eigenvalue weighted by Gasteiger charge is 2.34. The molecule has 1 N–H and O–H groups in total. The number of alkyl halides is 3. The van der Waals surface area contributed by atoms with Gasteiger partial charge in [-0.3, -0.25) is 10.1 Å². The lowest BCUT2D eigenvalue weighted by Gasteiger charge is -2.13. The molecule has 360 valence electrons. The quantitative estimate of drug-likeness (QED) is 0.0466. The summed E-state index contributed by atoms with van der Waals surface area (Å²) in [7, 11) is 0. The number of aryl methyl sites for hydroxylation is 4. The highest BCUT2D eigenvalue weighted by atomic mass is 32.1. The maximum absolute atomic E-state index is 14.0. The number of aromatic amines is 1. The van der Waals surface area contributed by atoms with Gasteiger partial charge in [0.2, 0.25) is 0 Å². The third kappa shape index (κ3) is 14.4. The van der Waals surface area contributed by atoms with Gasteiger partial charge in [-0.05, 0) is 130 Å². The van der Waals surface area contributed by atoms with Gasteiger partial charge in [0.25, 0.3) is 0 Å². The summed E-state index contributed by atoms with van der Waals surface area (Å²) in [5, 5.41) is 6.49. The summed E-state index contributed by atoms with van der Waals surface area (Å²) in [5.74, 6) is 0. The number of nitrogens with one attached hydrogen (secondary N) is 1. The first kappa shape index (κ1) is 52.0. The van der Waals surface area contributed by atoms with Crippen molar-refractivity contribution >= 4 is 45.3 Å². The van der Waals surface area contributed by atoms with E-state index < -0.39 is 11.9 Å². The summed E-state index contributed by atoms with van der Waals surface area (Å²) in [5.41, 5.74) is 9.23. The third-order valence-electron chi connectivity index (χ3n) is 13.0. The third-order valence-corrected chi connectivity index (χ3v) is 17.0. The van der Waals surface area contributed by atoms with Gasteiger partial charge in [0, 0.05) is 41.2 Å². The Hall–Kier alpha value is -3.34. The lowest BCUT2D eigenvalue weighted by atomic mass is 9.93. The molecule has 0 aliphatic carbocycles. The van der Waals surface area contributed by atoms with Crippen LogP contribution in [0, 0.1) is 0 Å². The Labute approximate surface area is 407 Å². The van der Waals surface area contributed by atoms with Crippen molar-refractivity contribution in [1.29, 1.82) is 0 Å². The highest BCUT2D eigenvalue weighted by Crippen LogP contribution is 2.54. The lowest BCUT2D eigenvalue weighted by Crippen LogP contribution is -2.04. The molecule has 1 aliphatic heterocycles. The van der Waals surface area contributed by atoms with E-state index >= 15 is 0 Å². The molecule has 0 amide bonds. The Kier molecular flexibility index (Phi) is 20.8. The van der Waals surface area contributed by atoms with Crippen LogP contribution in [-0.4, -0.2) is 27.4 Å². The Morgan fingerprint density at radius 3 is 1.56 bits per heavy atom. The fourth-order valence-corrected chi connectivity index (χ4v) is 13.4. The van der Waals surface area contributed by atoms with Crippen LogP contribution in [0.3, 0.4) is 0 Å². The number of aromatic nitrogens is 3. The van der Waals surface area contributed by atoms with E-state index in [1.807, 2.05) is 47.0 Å². The van der Waals surface area contributed by atoms with Crippen molar-refractivity contribution in [1.82, 2.24) is 15.2 Å². The number of hydrogen-bond donors (Lipinski definition) is 1. The van der Waals surface area contributed by atoms with Gasteiger partial charge in [-0.25, -0.2) is 4.98 Å². The zero-order valence-electron chi connectivity index (χ0n) is 41.0. The van der Waals surface area contributed by atoms with Gasteiger partial charge in [0.15, 0.2) is 0 Å². The summed E-state index contributed by atoms with van der Waals surface area (Å²) in [6, 6.07) is 10.4. The molecular formula is C56H77F3N4S3. The van der Waals surface area contributed by atoms with E-state index in [1.165, 1.54) is 161 Å². The molecule has 0 fully saturated rings. The van der Waals surface area contributed by atoms with Crippen molar-refractivity contribution in [3.05, 3.63) is 74.2 Å². The van der Waals surface area contributed by atoms with Crippen molar-refractivity contribution in [2.45, 2.75) is 208 Å². The van der Waals surface area contributed by atoms with Gasteiger partial charge in [-0.2, -0.15) is 18.3 Å². The minimum absolute atomic E-state index is 0.198. The zero-order chi connectivity index (χ0) is 46.9. The molecular weight excluding hydrogens is 882 g/mol. The maximum Gasteiger partial charge on any atom is 0.432 e. The Bertz CT molecular complexity index is 2320. The van der Waals surface area contributed by atoms with Crippen molar-refractivity contribution in [3.8, 4) is 42.0 Å². The molecule has 0 saturated heterocycles. The van der Waals surface area contributed by atoms with Crippen molar-refractivity contribution < 1.29 is 13.2 Å². The zero-order valence-corrected chi connectivity index (χ0v) is 43.5. The van der Waals surface area contributed by atoms with Gasteiger partial charge in [0.1, 0.15) is 11.4 Å². The van der Waals surface area contributed by atoms with E-state index in [0.29, 0.717) is 12.2 Å². The van der Waals surface area contributed by atoms with Gasteiger partial charge in [0.05, 0.1) is 22.8 Å². The molecule has 10 heteroatoms. The number of rotatable bonds is 30. The lowest BCUT2D eigenvalue weighted by molar-refractivity contribution is -0.141. The maximum atomic E-state index is 14.0. The second-order valence-electron chi connectivity index (χ2n) is 18.7. The van der Waals surface area contributed by atoms with Gasteiger partial charge in [-0.15, -0.1) is 34.0 Å². The second kappa shape index (κ2) is 26.4. The van der Waals surface area contributed by atoms with Crippen LogP contribution in [0.25, 0.3) is 47.6 Å². The van der Waals surface area contributed by atoms with Gasteiger partial charge >= 0.3 is 6.18 Å². The number of aliphatic imine (C=N–C) groups is 1. The number of allylic oxidation sites excluding steroid dienone is 1. The molecule has 0 aromatic carbocycles. The first-order valence-corrected chi connectivity index (χ1v) is 28.3. The van der Waals surface area contributed by atoms with Crippen molar-refractivity contribution in [3.63, 3.8) is 0 Å². The number of hydrogen-bond acceptors (Lipinski definition) is 6. The minimum Gasteiger partial charge on any atom is -0.285 e. The molecule has 1 aliphatic rings. The second-order valence-corrected chi connectivity index (χ2v) is 22.0. The Balaban J connectivity index is 1.63. The number of thiophene rings is 3.